The molecule has 0 spiro atoms. The summed E-state index contributed by atoms with van der Waals surface area (Å²) in [7, 11) is 0. The number of nitrogens with one attached hydrogen (secondary N) is 1. The summed E-state index contributed by atoms with van der Waals surface area (Å²) in [4.78, 5) is 10.6. The van der Waals surface area contributed by atoms with Crippen molar-refractivity contribution in [2.45, 2.75) is 12.1 Å². The highest BCUT2D eigenvalue weighted by atomic mass is 32.2. The fourth-order valence-electron chi connectivity index (χ4n) is 1.01. The number of carbonyl (C=O) groups excluding carboxylic acids is 1. The number of hydrogen-bond acceptors (Lipinski definition) is 4. The molecule has 1 fully saturated rings. The molecule has 1 rings (SSSR count). The highest BCUT2D eigenvalue weighted by molar-refractivity contribution is 7.99. The summed E-state index contributed by atoms with van der Waals surface area (Å²) < 4.78 is 0. The fourth-order valence-corrected chi connectivity index (χ4v) is 2.02. The van der Waals surface area contributed by atoms with Crippen LogP contribution >= 0.6 is 11.8 Å². The molecule has 2 atom stereocenters. The molecule has 1 heterocycles. The fraction of sp³-hybridized carbons (Fsp3) is 0.833. The minimum atomic E-state index is -0.539. The third kappa shape index (κ3) is 2.36. The van der Waals surface area contributed by atoms with Crippen LogP contribution in [0.1, 0.15) is 0 Å². The lowest BCUT2D eigenvalue weighted by atomic mass is 10.1. The van der Waals surface area contributed by atoms with Gasteiger partial charge in [0, 0.05) is 24.1 Å². The molecular formula is C6H13N3OS. The van der Waals surface area contributed by atoms with Gasteiger partial charge in [0.05, 0.1) is 0 Å². The molecule has 0 aromatic heterocycles. The molecular weight excluding hydrogens is 162 g/mol. The Balaban J connectivity index is 2.38. The Labute approximate surface area is 70.1 Å². The molecule has 1 amide bonds. The molecule has 5 heteroatoms. The van der Waals surface area contributed by atoms with E-state index in [1.54, 1.807) is 11.8 Å². The number of rotatable bonds is 2. The van der Waals surface area contributed by atoms with E-state index in [4.69, 9.17) is 11.5 Å². The second-order valence-corrected chi connectivity index (χ2v) is 3.71. The lowest BCUT2D eigenvalue weighted by Crippen LogP contribution is -2.55. The van der Waals surface area contributed by atoms with E-state index in [0.717, 1.165) is 18.1 Å². The van der Waals surface area contributed by atoms with Crippen molar-refractivity contribution in [2.75, 3.05) is 18.1 Å². The van der Waals surface area contributed by atoms with Gasteiger partial charge in [-0.05, 0) is 0 Å². The first-order valence-corrected chi connectivity index (χ1v) is 4.73. The zero-order valence-electron chi connectivity index (χ0n) is 6.25. The number of amides is 1. The van der Waals surface area contributed by atoms with Gasteiger partial charge in [0.2, 0.25) is 5.91 Å². The van der Waals surface area contributed by atoms with Crippen molar-refractivity contribution >= 4 is 17.7 Å². The normalized spacial score (nSPS) is 27.9. The Hall–Kier alpha value is -0.260. The van der Waals surface area contributed by atoms with Crippen molar-refractivity contribution in [2.24, 2.45) is 11.5 Å². The van der Waals surface area contributed by atoms with E-state index in [2.05, 4.69) is 5.32 Å². The van der Waals surface area contributed by atoms with Crippen LogP contribution < -0.4 is 16.8 Å². The molecule has 1 aliphatic heterocycles. The van der Waals surface area contributed by atoms with Crippen molar-refractivity contribution in [3.05, 3.63) is 0 Å². The first-order valence-electron chi connectivity index (χ1n) is 3.58. The van der Waals surface area contributed by atoms with Crippen LogP contribution in [0.5, 0.6) is 0 Å². The monoisotopic (exact) mass is 175 g/mol. The largest absolute Gasteiger partial charge is 0.368 e. The number of thioether (sulfide) groups is 1. The van der Waals surface area contributed by atoms with Crippen molar-refractivity contribution in [1.29, 1.82) is 0 Å². The van der Waals surface area contributed by atoms with Crippen molar-refractivity contribution in [3.63, 3.8) is 0 Å². The first kappa shape index (κ1) is 8.83. The molecule has 1 aliphatic rings. The standard InChI is InChI=1S/C6H13N3OS/c7-5(6(8)10)4-3-11-2-1-9-4/h4-5,9H,1-3,7H2,(H2,8,10). The minimum Gasteiger partial charge on any atom is -0.368 e. The molecule has 0 aromatic carbocycles. The van der Waals surface area contributed by atoms with Crippen LogP contribution in [0.15, 0.2) is 0 Å². The molecule has 0 radical (unpaired) electrons. The Morgan fingerprint density at radius 3 is 2.91 bits per heavy atom. The minimum absolute atomic E-state index is 0.0613. The summed E-state index contributed by atoms with van der Waals surface area (Å²) in [5, 5.41) is 3.15. The van der Waals surface area contributed by atoms with E-state index in [9.17, 15) is 4.79 Å². The quantitative estimate of drug-likeness (QED) is 0.477. The summed E-state index contributed by atoms with van der Waals surface area (Å²) in [6.07, 6.45) is 0. The smallest absolute Gasteiger partial charge is 0.235 e. The second-order valence-electron chi connectivity index (χ2n) is 2.56. The molecule has 0 aromatic rings. The highest BCUT2D eigenvalue weighted by Gasteiger charge is 2.23. The van der Waals surface area contributed by atoms with E-state index >= 15 is 0 Å². The predicted octanol–water partition coefficient (Wildman–Crippen LogP) is -1.50. The van der Waals surface area contributed by atoms with Crippen LogP contribution in [0, 0.1) is 0 Å². The van der Waals surface area contributed by atoms with Gasteiger partial charge in [0.15, 0.2) is 0 Å². The maximum absolute atomic E-state index is 10.6. The third-order valence-corrected chi connectivity index (χ3v) is 2.80. The molecule has 4 nitrogen and oxygen atoms in total. The van der Waals surface area contributed by atoms with Crippen LogP contribution in [0.25, 0.3) is 0 Å². The molecule has 11 heavy (non-hydrogen) atoms. The van der Waals surface area contributed by atoms with Gasteiger partial charge >= 0.3 is 0 Å². The van der Waals surface area contributed by atoms with Crippen LogP contribution in [0.3, 0.4) is 0 Å². The van der Waals surface area contributed by atoms with Gasteiger partial charge < -0.3 is 16.8 Å². The van der Waals surface area contributed by atoms with Crippen LogP contribution in [-0.4, -0.2) is 36.0 Å². The van der Waals surface area contributed by atoms with Gasteiger partial charge in [-0.25, -0.2) is 0 Å². The van der Waals surface area contributed by atoms with Gasteiger partial charge in [-0.2, -0.15) is 11.8 Å². The van der Waals surface area contributed by atoms with Crippen LogP contribution in [-0.2, 0) is 4.79 Å². The molecule has 1 saturated heterocycles. The van der Waals surface area contributed by atoms with Gasteiger partial charge in [0.25, 0.3) is 0 Å². The Kier molecular flexibility index (Phi) is 3.16. The number of nitrogens with two attached hydrogens (primary N) is 2. The van der Waals surface area contributed by atoms with Gasteiger partial charge in [0.1, 0.15) is 6.04 Å². The zero-order valence-corrected chi connectivity index (χ0v) is 7.06. The van der Waals surface area contributed by atoms with E-state index in [-0.39, 0.29) is 6.04 Å². The predicted molar refractivity (Wildman–Crippen MR) is 46.3 cm³/mol. The summed E-state index contributed by atoms with van der Waals surface area (Å²) in [6, 6.07) is -0.478. The summed E-state index contributed by atoms with van der Waals surface area (Å²) >= 11 is 1.80. The Bertz CT molecular complexity index is 147. The molecule has 5 N–H and O–H groups in total. The molecule has 0 aliphatic carbocycles. The number of carbonyl (C=O) groups is 1. The molecule has 64 valence electrons. The topological polar surface area (TPSA) is 81.1 Å². The second kappa shape index (κ2) is 3.94. The lowest BCUT2D eigenvalue weighted by Gasteiger charge is -2.26. The first-order chi connectivity index (χ1) is 5.22. The number of primary amides is 1. The average molecular weight is 175 g/mol. The number of hydrogen-bond donors (Lipinski definition) is 3. The SMILES string of the molecule is NC(=O)C(N)C1CSCCN1. The van der Waals surface area contributed by atoms with Gasteiger partial charge in [-0.1, -0.05) is 0 Å². The third-order valence-electron chi connectivity index (χ3n) is 1.71. The maximum Gasteiger partial charge on any atom is 0.235 e. The van der Waals surface area contributed by atoms with Gasteiger partial charge in [-0.3, -0.25) is 4.79 Å². The van der Waals surface area contributed by atoms with E-state index < -0.39 is 11.9 Å². The summed E-state index contributed by atoms with van der Waals surface area (Å²) in [5.41, 5.74) is 10.6. The van der Waals surface area contributed by atoms with Crippen LogP contribution in [0.2, 0.25) is 0 Å². The zero-order chi connectivity index (χ0) is 8.27. The summed E-state index contributed by atoms with van der Waals surface area (Å²) in [5.74, 6) is 1.54. The average Bonchev–Trinajstić information content (AvgIpc) is 2.05. The van der Waals surface area contributed by atoms with Gasteiger partial charge in [-0.15, -0.1) is 0 Å². The highest BCUT2D eigenvalue weighted by Crippen LogP contribution is 2.08. The molecule has 0 saturated carbocycles. The van der Waals surface area contributed by atoms with Crippen molar-refractivity contribution in [3.8, 4) is 0 Å². The van der Waals surface area contributed by atoms with E-state index in [1.165, 1.54) is 0 Å². The van der Waals surface area contributed by atoms with Crippen LogP contribution in [0.4, 0.5) is 0 Å². The van der Waals surface area contributed by atoms with Crippen molar-refractivity contribution < 1.29 is 4.79 Å². The Morgan fingerprint density at radius 1 is 1.73 bits per heavy atom. The Morgan fingerprint density at radius 2 is 2.45 bits per heavy atom. The summed E-state index contributed by atoms with van der Waals surface area (Å²) in [6.45, 7) is 0.913. The van der Waals surface area contributed by atoms with Crippen molar-refractivity contribution in [1.82, 2.24) is 5.32 Å². The molecule has 2 unspecified atom stereocenters. The molecule has 0 bridgehead atoms. The lowest BCUT2D eigenvalue weighted by molar-refractivity contribution is -0.119. The maximum atomic E-state index is 10.6. The van der Waals surface area contributed by atoms with E-state index in [1.807, 2.05) is 0 Å². The van der Waals surface area contributed by atoms with E-state index in [0.29, 0.717) is 0 Å².